The molecule has 0 fully saturated rings. The maximum atomic E-state index is 12.2. The highest BCUT2D eigenvalue weighted by atomic mass is 16.4. The number of carboxylic acid groups (broad SMARTS) is 1. The van der Waals surface area contributed by atoms with E-state index in [0.29, 0.717) is 6.54 Å². The Balaban J connectivity index is 2.61. The largest absolute Gasteiger partial charge is 0.481 e. The zero-order valence-corrected chi connectivity index (χ0v) is 13.2. The third kappa shape index (κ3) is 7.59. The third-order valence-electron chi connectivity index (χ3n) is 3.16. The van der Waals surface area contributed by atoms with Crippen LogP contribution in [-0.4, -0.2) is 60.5 Å². The van der Waals surface area contributed by atoms with Crippen LogP contribution in [0.2, 0.25) is 0 Å². The van der Waals surface area contributed by atoms with Gasteiger partial charge in [0.2, 0.25) is 5.91 Å². The number of benzene rings is 1. The molecule has 1 N–H and O–H groups in total. The first-order chi connectivity index (χ1) is 10.5. The van der Waals surface area contributed by atoms with Crippen LogP contribution in [0.1, 0.15) is 18.4 Å². The van der Waals surface area contributed by atoms with Crippen molar-refractivity contribution >= 4 is 18.0 Å². The average Bonchev–Trinajstić information content (AvgIpc) is 2.48. The molecule has 0 aliphatic rings. The summed E-state index contributed by atoms with van der Waals surface area (Å²) in [5.41, 5.74) is 0.947. The lowest BCUT2D eigenvalue weighted by Crippen LogP contribution is -2.34. The number of nitrogens with zero attached hydrogens (tertiary/aromatic N) is 2. The van der Waals surface area contributed by atoms with Gasteiger partial charge in [-0.1, -0.05) is 30.3 Å². The van der Waals surface area contributed by atoms with Crippen molar-refractivity contribution in [2.75, 3.05) is 33.7 Å². The summed E-state index contributed by atoms with van der Waals surface area (Å²) in [6.07, 6.45) is 4.04. The summed E-state index contributed by atoms with van der Waals surface area (Å²) in [6, 6.07) is 9.56. The van der Waals surface area contributed by atoms with Crippen LogP contribution in [0.25, 0.3) is 6.08 Å². The summed E-state index contributed by atoms with van der Waals surface area (Å²) in [6.45, 7) is 1.66. The molecule has 5 nitrogen and oxygen atoms in total. The summed E-state index contributed by atoms with van der Waals surface area (Å²) in [5.74, 6) is -1.04. The third-order valence-corrected chi connectivity index (χ3v) is 3.16. The Kier molecular flexibility index (Phi) is 7.92. The summed E-state index contributed by atoms with van der Waals surface area (Å²) in [5, 5.41) is 8.80. The molecule has 0 bridgehead atoms. The standard InChI is InChI=1S/C17H24N2O3/c1-18(2)12-6-13-19(14-11-17(21)22)16(20)10-9-15-7-4-3-5-8-15/h3-5,7-10H,6,11-14H2,1-2H3,(H,21,22)/b10-9+. The number of amides is 1. The Morgan fingerprint density at radius 1 is 1.09 bits per heavy atom. The second-order valence-electron chi connectivity index (χ2n) is 5.37. The smallest absolute Gasteiger partial charge is 0.305 e. The lowest BCUT2D eigenvalue weighted by atomic mass is 10.2. The normalized spacial score (nSPS) is 11.0. The molecule has 0 atom stereocenters. The highest BCUT2D eigenvalue weighted by molar-refractivity contribution is 5.92. The van der Waals surface area contributed by atoms with Crippen LogP contribution in [0.5, 0.6) is 0 Å². The van der Waals surface area contributed by atoms with Crippen molar-refractivity contribution in [1.29, 1.82) is 0 Å². The Morgan fingerprint density at radius 2 is 1.77 bits per heavy atom. The van der Waals surface area contributed by atoms with E-state index in [4.69, 9.17) is 5.11 Å². The predicted molar refractivity (Wildman–Crippen MR) is 87.5 cm³/mol. The molecule has 0 aliphatic carbocycles. The van der Waals surface area contributed by atoms with Gasteiger partial charge in [-0.05, 0) is 38.7 Å². The van der Waals surface area contributed by atoms with Crippen LogP contribution in [0, 0.1) is 0 Å². The highest BCUT2D eigenvalue weighted by Crippen LogP contribution is 2.04. The van der Waals surface area contributed by atoms with E-state index in [-0.39, 0.29) is 18.9 Å². The van der Waals surface area contributed by atoms with E-state index in [0.717, 1.165) is 18.5 Å². The van der Waals surface area contributed by atoms with E-state index in [2.05, 4.69) is 0 Å². The molecule has 1 aromatic carbocycles. The Labute approximate surface area is 131 Å². The Bertz CT molecular complexity index is 498. The van der Waals surface area contributed by atoms with Gasteiger partial charge in [0.1, 0.15) is 0 Å². The molecule has 0 radical (unpaired) electrons. The molecule has 0 saturated heterocycles. The first-order valence-electron chi connectivity index (χ1n) is 7.37. The van der Waals surface area contributed by atoms with Gasteiger partial charge in [0.05, 0.1) is 6.42 Å². The second-order valence-corrected chi connectivity index (χ2v) is 5.37. The van der Waals surface area contributed by atoms with Crippen LogP contribution in [0.15, 0.2) is 36.4 Å². The van der Waals surface area contributed by atoms with Crippen molar-refractivity contribution in [3.8, 4) is 0 Å². The fraction of sp³-hybridized carbons (Fsp3) is 0.412. The van der Waals surface area contributed by atoms with Gasteiger partial charge in [-0.3, -0.25) is 9.59 Å². The van der Waals surface area contributed by atoms with Gasteiger partial charge in [0.15, 0.2) is 0 Å². The number of rotatable bonds is 9. The van der Waals surface area contributed by atoms with Crippen molar-refractivity contribution in [1.82, 2.24) is 9.80 Å². The SMILES string of the molecule is CN(C)CCCN(CCC(=O)O)C(=O)/C=C/c1ccccc1. The number of hydrogen-bond donors (Lipinski definition) is 1. The van der Waals surface area contributed by atoms with Crippen molar-refractivity contribution < 1.29 is 14.7 Å². The van der Waals surface area contributed by atoms with Crippen molar-refractivity contribution in [2.45, 2.75) is 12.8 Å². The number of aliphatic carboxylic acids is 1. The minimum atomic E-state index is -0.891. The lowest BCUT2D eigenvalue weighted by Gasteiger charge is -2.21. The number of carbonyl (C=O) groups is 2. The fourth-order valence-corrected chi connectivity index (χ4v) is 1.98. The van der Waals surface area contributed by atoms with Crippen molar-refractivity contribution in [2.24, 2.45) is 0 Å². The molecule has 0 unspecified atom stereocenters. The molecule has 1 amide bonds. The molecular weight excluding hydrogens is 280 g/mol. The first-order valence-corrected chi connectivity index (χ1v) is 7.37. The van der Waals surface area contributed by atoms with E-state index in [1.165, 1.54) is 6.08 Å². The Morgan fingerprint density at radius 3 is 2.36 bits per heavy atom. The van der Waals surface area contributed by atoms with Crippen LogP contribution in [-0.2, 0) is 9.59 Å². The molecule has 0 spiro atoms. The summed E-state index contributed by atoms with van der Waals surface area (Å²) < 4.78 is 0. The van der Waals surface area contributed by atoms with Crippen molar-refractivity contribution in [3.63, 3.8) is 0 Å². The Hall–Kier alpha value is -2.14. The van der Waals surface area contributed by atoms with E-state index in [9.17, 15) is 9.59 Å². The second kappa shape index (κ2) is 9.73. The number of hydrogen-bond acceptors (Lipinski definition) is 3. The highest BCUT2D eigenvalue weighted by Gasteiger charge is 2.12. The van der Waals surface area contributed by atoms with Gasteiger partial charge in [-0.15, -0.1) is 0 Å². The minimum Gasteiger partial charge on any atom is -0.481 e. The lowest BCUT2D eigenvalue weighted by molar-refractivity contribution is -0.138. The molecule has 0 saturated carbocycles. The molecular formula is C17H24N2O3. The summed E-state index contributed by atoms with van der Waals surface area (Å²) in [7, 11) is 3.94. The first kappa shape index (κ1) is 17.9. The van der Waals surface area contributed by atoms with Gasteiger partial charge in [0.25, 0.3) is 0 Å². The van der Waals surface area contributed by atoms with Gasteiger partial charge in [-0.25, -0.2) is 0 Å². The molecule has 22 heavy (non-hydrogen) atoms. The zero-order chi connectivity index (χ0) is 16.4. The quantitative estimate of drug-likeness (QED) is 0.708. The minimum absolute atomic E-state index is 0.0348. The number of carboxylic acids is 1. The summed E-state index contributed by atoms with van der Waals surface area (Å²) in [4.78, 5) is 26.6. The van der Waals surface area contributed by atoms with E-state index < -0.39 is 5.97 Å². The number of carbonyl (C=O) groups excluding carboxylic acids is 1. The van der Waals surface area contributed by atoms with Gasteiger partial charge in [-0.2, -0.15) is 0 Å². The monoisotopic (exact) mass is 304 g/mol. The van der Waals surface area contributed by atoms with Gasteiger partial charge >= 0.3 is 5.97 Å². The predicted octanol–water partition coefficient (Wildman–Crippen LogP) is 1.95. The van der Waals surface area contributed by atoms with Gasteiger partial charge in [0, 0.05) is 19.2 Å². The van der Waals surface area contributed by atoms with E-state index in [1.54, 1.807) is 11.0 Å². The molecule has 120 valence electrons. The average molecular weight is 304 g/mol. The maximum absolute atomic E-state index is 12.2. The topological polar surface area (TPSA) is 60.9 Å². The zero-order valence-electron chi connectivity index (χ0n) is 13.2. The fourth-order valence-electron chi connectivity index (χ4n) is 1.98. The molecule has 0 aromatic heterocycles. The van der Waals surface area contributed by atoms with Crippen LogP contribution in [0.4, 0.5) is 0 Å². The van der Waals surface area contributed by atoms with E-state index >= 15 is 0 Å². The van der Waals surface area contributed by atoms with Crippen LogP contribution < -0.4 is 0 Å². The molecule has 0 heterocycles. The maximum Gasteiger partial charge on any atom is 0.305 e. The van der Waals surface area contributed by atoms with Crippen LogP contribution in [0.3, 0.4) is 0 Å². The van der Waals surface area contributed by atoms with Crippen LogP contribution >= 0.6 is 0 Å². The molecule has 5 heteroatoms. The van der Waals surface area contributed by atoms with E-state index in [1.807, 2.05) is 49.3 Å². The molecule has 1 rings (SSSR count). The molecule has 0 aliphatic heterocycles. The van der Waals surface area contributed by atoms with Gasteiger partial charge < -0.3 is 14.9 Å². The molecule has 1 aromatic rings. The summed E-state index contributed by atoms with van der Waals surface area (Å²) >= 11 is 0. The van der Waals surface area contributed by atoms with Crippen molar-refractivity contribution in [3.05, 3.63) is 42.0 Å².